The summed E-state index contributed by atoms with van der Waals surface area (Å²) in [4.78, 5) is 8.62. The van der Waals surface area contributed by atoms with Crippen LogP contribution in [-0.2, 0) is 0 Å². The highest BCUT2D eigenvalue weighted by Gasteiger charge is 2.22. The van der Waals surface area contributed by atoms with E-state index in [1.807, 2.05) is 36.4 Å². The first-order valence-electron chi connectivity index (χ1n) is 7.57. The van der Waals surface area contributed by atoms with Gasteiger partial charge < -0.3 is 5.11 Å². The molecule has 1 aliphatic carbocycles. The number of rotatable bonds is 1. The van der Waals surface area contributed by atoms with Crippen LogP contribution >= 0.6 is 0 Å². The van der Waals surface area contributed by atoms with Gasteiger partial charge in [-0.2, -0.15) is 5.26 Å². The summed E-state index contributed by atoms with van der Waals surface area (Å²) < 4.78 is 0. The van der Waals surface area contributed by atoms with Crippen LogP contribution in [0.1, 0.15) is 34.1 Å². The number of nitrogens with zero attached hydrogens (tertiary/aromatic N) is 3. The zero-order chi connectivity index (χ0) is 16.5. The monoisotopic (exact) mass is 311 g/mol. The highest BCUT2D eigenvalue weighted by atomic mass is 16.3. The lowest BCUT2D eigenvalue weighted by molar-refractivity contribution is 0.219. The van der Waals surface area contributed by atoms with E-state index in [-0.39, 0.29) is 0 Å². The minimum absolute atomic E-state index is 0.545. The van der Waals surface area contributed by atoms with Gasteiger partial charge in [-0.15, -0.1) is 0 Å². The van der Waals surface area contributed by atoms with Gasteiger partial charge in [0.05, 0.1) is 17.3 Å². The molecule has 1 unspecified atom stereocenters. The minimum atomic E-state index is -0.831. The van der Waals surface area contributed by atoms with Gasteiger partial charge in [-0.3, -0.25) is 9.97 Å². The molecule has 2 aromatic heterocycles. The van der Waals surface area contributed by atoms with E-state index in [2.05, 4.69) is 16.0 Å². The molecule has 2 heterocycles. The predicted octanol–water partition coefficient (Wildman–Crippen LogP) is 3.58. The first kappa shape index (κ1) is 14.3. The Bertz CT molecular complexity index is 988. The van der Waals surface area contributed by atoms with Crippen LogP contribution in [0.2, 0.25) is 0 Å². The van der Waals surface area contributed by atoms with Crippen LogP contribution in [0, 0.1) is 11.3 Å². The molecule has 1 atom stereocenters. The van der Waals surface area contributed by atoms with E-state index in [1.54, 1.807) is 30.7 Å². The molecule has 0 saturated heterocycles. The standard InChI is InChI=1S/C20H13N3O/c21-10-13-3-1-5-17-16(13)6-7-19-18(20(17)24)9-15(12-23-19)14-4-2-8-22-11-14/h1-9,11-12,20,24H. The molecule has 0 bridgehead atoms. The molecule has 4 rings (SSSR count). The topological polar surface area (TPSA) is 69.8 Å². The fourth-order valence-electron chi connectivity index (χ4n) is 2.98. The summed E-state index contributed by atoms with van der Waals surface area (Å²) in [5.74, 6) is 0. The maximum Gasteiger partial charge on any atom is 0.107 e. The summed E-state index contributed by atoms with van der Waals surface area (Å²) in [6.45, 7) is 0. The molecule has 0 amide bonds. The van der Waals surface area contributed by atoms with E-state index in [1.165, 1.54) is 0 Å². The molecule has 0 fully saturated rings. The largest absolute Gasteiger partial charge is 0.384 e. The van der Waals surface area contributed by atoms with Crippen LogP contribution in [0.25, 0.3) is 23.3 Å². The average molecular weight is 311 g/mol. The van der Waals surface area contributed by atoms with Crippen molar-refractivity contribution in [3.05, 3.63) is 82.9 Å². The van der Waals surface area contributed by atoms with E-state index >= 15 is 0 Å². The number of pyridine rings is 2. The number of hydrogen-bond acceptors (Lipinski definition) is 4. The van der Waals surface area contributed by atoms with E-state index in [0.717, 1.165) is 22.3 Å². The van der Waals surface area contributed by atoms with Gasteiger partial charge in [0, 0.05) is 35.3 Å². The Hall–Kier alpha value is -3.29. The summed E-state index contributed by atoms with van der Waals surface area (Å²) in [5.41, 5.74) is 5.27. The molecular formula is C20H13N3O. The van der Waals surface area contributed by atoms with Gasteiger partial charge in [-0.1, -0.05) is 24.3 Å². The van der Waals surface area contributed by atoms with Crippen molar-refractivity contribution in [3.8, 4) is 17.2 Å². The Morgan fingerprint density at radius 2 is 1.92 bits per heavy atom. The predicted molar refractivity (Wildman–Crippen MR) is 91.6 cm³/mol. The smallest absolute Gasteiger partial charge is 0.107 e. The second kappa shape index (κ2) is 5.73. The Balaban J connectivity index is 1.89. The molecule has 1 aliphatic rings. The van der Waals surface area contributed by atoms with Crippen molar-refractivity contribution < 1.29 is 5.11 Å². The number of hydrogen-bond donors (Lipinski definition) is 1. The van der Waals surface area contributed by atoms with Crippen molar-refractivity contribution in [1.29, 1.82) is 5.26 Å². The van der Waals surface area contributed by atoms with Crippen LogP contribution in [0.3, 0.4) is 0 Å². The number of aliphatic hydroxyl groups is 1. The number of aromatic nitrogens is 2. The van der Waals surface area contributed by atoms with Gasteiger partial charge in [-0.05, 0) is 35.4 Å². The van der Waals surface area contributed by atoms with E-state index < -0.39 is 6.10 Å². The lowest BCUT2D eigenvalue weighted by Crippen LogP contribution is -2.05. The average Bonchev–Trinajstić information content (AvgIpc) is 2.79. The van der Waals surface area contributed by atoms with Gasteiger partial charge in [0.15, 0.2) is 0 Å². The van der Waals surface area contributed by atoms with Gasteiger partial charge in [0.1, 0.15) is 6.10 Å². The van der Waals surface area contributed by atoms with Crippen molar-refractivity contribution in [2.75, 3.05) is 0 Å². The van der Waals surface area contributed by atoms with Gasteiger partial charge >= 0.3 is 0 Å². The second-order valence-electron chi connectivity index (χ2n) is 5.60. The maximum absolute atomic E-state index is 10.9. The van der Waals surface area contributed by atoms with Crippen molar-refractivity contribution in [1.82, 2.24) is 9.97 Å². The molecule has 0 spiro atoms. The molecular weight excluding hydrogens is 298 g/mol. The van der Waals surface area contributed by atoms with Crippen LogP contribution < -0.4 is 0 Å². The normalized spacial score (nSPS) is 15.1. The van der Waals surface area contributed by atoms with Crippen molar-refractivity contribution in [3.63, 3.8) is 0 Å². The molecule has 4 heteroatoms. The van der Waals surface area contributed by atoms with E-state index in [9.17, 15) is 10.4 Å². The fraction of sp³-hybridized carbons (Fsp3) is 0.0500. The second-order valence-corrected chi connectivity index (χ2v) is 5.60. The first-order valence-corrected chi connectivity index (χ1v) is 7.57. The van der Waals surface area contributed by atoms with E-state index in [4.69, 9.17) is 0 Å². The third kappa shape index (κ3) is 2.28. The highest BCUT2D eigenvalue weighted by molar-refractivity contribution is 5.78. The Morgan fingerprint density at radius 1 is 1.00 bits per heavy atom. The molecule has 0 radical (unpaired) electrons. The van der Waals surface area contributed by atoms with Crippen LogP contribution in [0.15, 0.2) is 55.0 Å². The van der Waals surface area contributed by atoms with Gasteiger partial charge in [-0.25, -0.2) is 0 Å². The number of nitriles is 1. The number of aliphatic hydroxyl groups excluding tert-OH is 1. The van der Waals surface area contributed by atoms with E-state index in [0.29, 0.717) is 16.8 Å². The number of fused-ring (bicyclic) bond motifs is 2. The Kier molecular flexibility index (Phi) is 3.42. The van der Waals surface area contributed by atoms with Crippen LogP contribution in [-0.4, -0.2) is 15.1 Å². The summed E-state index contributed by atoms with van der Waals surface area (Å²) in [6.07, 6.45) is 8.12. The molecule has 0 aliphatic heterocycles. The molecule has 114 valence electrons. The first-order chi connectivity index (χ1) is 11.8. The summed E-state index contributed by atoms with van der Waals surface area (Å²) in [7, 11) is 0. The lowest BCUT2D eigenvalue weighted by atomic mass is 9.94. The van der Waals surface area contributed by atoms with Gasteiger partial charge in [0.2, 0.25) is 0 Å². The third-order valence-electron chi connectivity index (χ3n) is 4.20. The Labute approximate surface area is 139 Å². The van der Waals surface area contributed by atoms with Crippen LogP contribution in [0.4, 0.5) is 0 Å². The molecule has 1 N–H and O–H groups in total. The van der Waals surface area contributed by atoms with Crippen molar-refractivity contribution in [2.24, 2.45) is 0 Å². The minimum Gasteiger partial charge on any atom is -0.384 e. The van der Waals surface area contributed by atoms with Crippen LogP contribution in [0.5, 0.6) is 0 Å². The molecule has 1 aromatic carbocycles. The van der Waals surface area contributed by atoms with Crippen molar-refractivity contribution in [2.45, 2.75) is 6.10 Å². The summed E-state index contributed by atoms with van der Waals surface area (Å²) in [5, 5.41) is 20.2. The zero-order valence-corrected chi connectivity index (χ0v) is 12.7. The van der Waals surface area contributed by atoms with Crippen molar-refractivity contribution >= 4 is 12.2 Å². The highest BCUT2D eigenvalue weighted by Crippen LogP contribution is 2.35. The number of benzene rings is 1. The van der Waals surface area contributed by atoms with Gasteiger partial charge in [0.25, 0.3) is 0 Å². The maximum atomic E-state index is 10.9. The zero-order valence-electron chi connectivity index (χ0n) is 12.7. The molecule has 4 nitrogen and oxygen atoms in total. The Morgan fingerprint density at radius 3 is 2.71 bits per heavy atom. The molecule has 3 aromatic rings. The third-order valence-corrected chi connectivity index (χ3v) is 4.20. The summed E-state index contributed by atoms with van der Waals surface area (Å²) >= 11 is 0. The molecule has 0 saturated carbocycles. The molecule has 24 heavy (non-hydrogen) atoms. The SMILES string of the molecule is N#Cc1cccc2c1C=Cc1ncc(-c3cccnc3)cc1C2O. The quantitative estimate of drug-likeness (QED) is 0.745. The fourth-order valence-corrected chi connectivity index (χ4v) is 2.98. The lowest BCUT2D eigenvalue weighted by Gasteiger charge is -2.15. The summed E-state index contributed by atoms with van der Waals surface area (Å²) in [6, 6.07) is 13.3.